The molecule has 1 saturated heterocycles. The summed E-state index contributed by atoms with van der Waals surface area (Å²) in [5, 5.41) is 13.3. The van der Waals surface area contributed by atoms with Gasteiger partial charge in [-0.1, -0.05) is 0 Å². The molecular formula is C13H14F3N7O. The van der Waals surface area contributed by atoms with Gasteiger partial charge in [0, 0.05) is 25.3 Å². The van der Waals surface area contributed by atoms with Crippen LogP contribution in [0.1, 0.15) is 12.0 Å². The zero-order chi connectivity index (χ0) is 17.2. The number of anilines is 1. The second-order valence-electron chi connectivity index (χ2n) is 5.41. The molecular weight excluding hydrogens is 327 g/mol. The maximum Gasteiger partial charge on any atom is 0.417 e. The summed E-state index contributed by atoms with van der Waals surface area (Å²) < 4.78 is 38.9. The fourth-order valence-electron chi connectivity index (χ4n) is 2.50. The van der Waals surface area contributed by atoms with Gasteiger partial charge in [-0.2, -0.15) is 13.2 Å². The van der Waals surface area contributed by atoms with Crippen LogP contribution in [0.5, 0.6) is 0 Å². The monoisotopic (exact) mass is 341 g/mol. The highest BCUT2D eigenvalue weighted by atomic mass is 19.4. The topological polar surface area (TPSA) is 88.8 Å². The maximum atomic E-state index is 12.5. The maximum absolute atomic E-state index is 12.5. The highest BCUT2D eigenvalue weighted by molar-refractivity contribution is 5.76. The van der Waals surface area contributed by atoms with Crippen LogP contribution >= 0.6 is 0 Å². The molecule has 0 saturated carbocycles. The van der Waals surface area contributed by atoms with Crippen molar-refractivity contribution in [2.45, 2.75) is 25.2 Å². The first-order chi connectivity index (χ1) is 11.4. The van der Waals surface area contributed by atoms with E-state index in [0.717, 1.165) is 12.3 Å². The van der Waals surface area contributed by atoms with Gasteiger partial charge in [-0.15, -0.1) is 5.10 Å². The van der Waals surface area contributed by atoms with Crippen LogP contribution in [0.15, 0.2) is 24.7 Å². The SMILES string of the molecule is O=C(Cn1cnnn1)NC1CCN(c2ccc(C(F)(F)F)cn2)C1. The van der Waals surface area contributed by atoms with Crippen molar-refractivity contribution in [3.05, 3.63) is 30.2 Å². The van der Waals surface area contributed by atoms with E-state index < -0.39 is 11.7 Å². The first-order valence-electron chi connectivity index (χ1n) is 7.20. The molecule has 2 aromatic heterocycles. The highest BCUT2D eigenvalue weighted by Gasteiger charge is 2.31. The highest BCUT2D eigenvalue weighted by Crippen LogP contribution is 2.29. The Kier molecular flexibility index (Phi) is 4.32. The van der Waals surface area contributed by atoms with Gasteiger partial charge in [-0.05, 0) is 29.0 Å². The fraction of sp³-hybridized carbons (Fsp3) is 0.462. The number of halogens is 3. The van der Waals surface area contributed by atoms with Crippen molar-refractivity contribution in [2.24, 2.45) is 0 Å². The molecule has 2 aromatic rings. The van der Waals surface area contributed by atoms with E-state index in [9.17, 15) is 18.0 Å². The number of carbonyl (C=O) groups is 1. The van der Waals surface area contributed by atoms with Gasteiger partial charge < -0.3 is 10.2 Å². The van der Waals surface area contributed by atoms with Crippen molar-refractivity contribution < 1.29 is 18.0 Å². The molecule has 1 N–H and O–H groups in total. The van der Waals surface area contributed by atoms with Crippen LogP contribution in [0.25, 0.3) is 0 Å². The van der Waals surface area contributed by atoms with Crippen LogP contribution < -0.4 is 10.2 Å². The van der Waals surface area contributed by atoms with Crippen LogP contribution in [0.3, 0.4) is 0 Å². The molecule has 128 valence electrons. The van der Waals surface area contributed by atoms with Crippen molar-refractivity contribution in [3.8, 4) is 0 Å². The quantitative estimate of drug-likeness (QED) is 0.870. The minimum absolute atomic E-state index is 0.0159. The molecule has 0 aromatic carbocycles. The molecule has 3 heterocycles. The average molecular weight is 341 g/mol. The number of nitrogens with one attached hydrogen (secondary N) is 1. The zero-order valence-corrected chi connectivity index (χ0v) is 12.4. The molecule has 1 atom stereocenters. The largest absolute Gasteiger partial charge is 0.417 e. The van der Waals surface area contributed by atoms with Gasteiger partial charge in [0.1, 0.15) is 18.7 Å². The van der Waals surface area contributed by atoms with E-state index in [-0.39, 0.29) is 18.5 Å². The molecule has 1 aliphatic rings. The van der Waals surface area contributed by atoms with Crippen LogP contribution in [0.2, 0.25) is 0 Å². The van der Waals surface area contributed by atoms with Crippen LogP contribution in [-0.4, -0.2) is 50.2 Å². The van der Waals surface area contributed by atoms with E-state index in [1.165, 1.54) is 17.1 Å². The molecule has 0 spiro atoms. The average Bonchev–Trinajstić information content (AvgIpc) is 3.18. The van der Waals surface area contributed by atoms with Crippen LogP contribution in [0.4, 0.5) is 19.0 Å². The summed E-state index contributed by atoms with van der Waals surface area (Å²) in [6.45, 7) is 1.11. The van der Waals surface area contributed by atoms with Gasteiger partial charge in [-0.3, -0.25) is 4.79 Å². The summed E-state index contributed by atoms with van der Waals surface area (Å²) >= 11 is 0. The standard InChI is InChI=1S/C13H14F3N7O/c14-13(15,16)9-1-2-11(17-5-9)22-4-3-10(6-22)19-12(24)7-23-8-18-20-21-23/h1-2,5,8,10H,3-4,6-7H2,(H,19,24). The Hall–Kier alpha value is -2.72. The molecule has 3 rings (SSSR count). The molecule has 1 unspecified atom stereocenters. The van der Waals surface area contributed by atoms with Crippen molar-refractivity contribution in [1.82, 2.24) is 30.5 Å². The van der Waals surface area contributed by atoms with Gasteiger partial charge in [0.2, 0.25) is 5.91 Å². The Morgan fingerprint density at radius 1 is 1.38 bits per heavy atom. The third-order valence-corrected chi connectivity index (χ3v) is 3.65. The number of amides is 1. The molecule has 1 fully saturated rings. The lowest BCUT2D eigenvalue weighted by Crippen LogP contribution is -2.39. The summed E-state index contributed by atoms with van der Waals surface area (Å²) in [6, 6.07) is 2.25. The van der Waals surface area contributed by atoms with E-state index in [0.29, 0.717) is 25.3 Å². The molecule has 1 aliphatic heterocycles. The number of rotatable bonds is 4. The molecule has 24 heavy (non-hydrogen) atoms. The van der Waals surface area contributed by atoms with Gasteiger partial charge in [0.25, 0.3) is 0 Å². The second-order valence-corrected chi connectivity index (χ2v) is 5.41. The summed E-state index contributed by atoms with van der Waals surface area (Å²) in [6.07, 6.45) is -1.56. The Labute approximate surface area is 134 Å². The summed E-state index contributed by atoms with van der Waals surface area (Å²) in [4.78, 5) is 17.6. The van der Waals surface area contributed by atoms with Gasteiger partial charge >= 0.3 is 6.18 Å². The van der Waals surface area contributed by atoms with Crippen LogP contribution in [-0.2, 0) is 17.5 Å². The number of pyridine rings is 1. The predicted octanol–water partition coefficient (Wildman–Crippen LogP) is 0.482. The smallest absolute Gasteiger partial charge is 0.354 e. The van der Waals surface area contributed by atoms with E-state index in [2.05, 4.69) is 25.8 Å². The lowest BCUT2D eigenvalue weighted by Gasteiger charge is -2.18. The van der Waals surface area contributed by atoms with Crippen LogP contribution in [0, 0.1) is 0 Å². The van der Waals surface area contributed by atoms with Crippen molar-refractivity contribution in [2.75, 3.05) is 18.0 Å². The summed E-state index contributed by atoms with van der Waals surface area (Å²) in [5.74, 6) is 0.231. The second kappa shape index (κ2) is 6.42. The molecule has 0 bridgehead atoms. The molecule has 1 amide bonds. The normalized spacial score (nSPS) is 18.0. The Morgan fingerprint density at radius 3 is 2.83 bits per heavy atom. The van der Waals surface area contributed by atoms with E-state index in [1.54, 1.807) is 0 Å². The summed E-state index contributed by atoms with van der Waals surface area (Å²) in [5.41, 5.74) is -0.781. The van der Waals surface area contributed by atoms with Gasteiger partial charge in [0.15, 0.2) is 0 Å². The number of hydrogen-bond donors (Lipinski definition) is 1. The zero-order valence-electron chi connectivity index (χ0n) is 12.4. The fourth-order valence-corrected chi connectivity index (χ4v) is 2.50. The van der Waals surface area contributed by atoms with Crippen molar-refractivity contribution in [3.63, 3.8) is 0 Å². The number of alkyl halides is 3. The first kappa shape index (κ1) is 16.1. The number of aromatic nitrogens is 5. The van der Waals surface area contributed by atoms with E-state index in [4.69, 9.17) is 0 Å². The van der Waals surface area contributed by atoms with E-state index >= 15 is 0 Å². The van der Waals surface area contributed by atoms with Gasteiger partial charge in [-0.25, -0.2) is 9.67 Å². The minimum Gasteiger partial charge on any atom is -0.354 e. The molecule has 8 nitrogen and oxygen atoms in total. The summed E-state index contributed by atoms with van der Waals surface area (Å²) in [7, 11) is 0. The first-order valence-corrected chi connectivity index (χ1v) is 7.20. The molecule has 0 radical (unpaired) electrons. The van der Waals surface area contributed by atoms with Crippen molar-refractivity contribution in [1.29, 1.82) is 0 Å². The Bertz CT molecular complexity index is 687. The minimum atomic E-state index is -4.40. The van der Waals surface area contributed by atoms with Crippen molar-refractivity contribution >= 4 is 11.7 Å². The Morgan fingerprint density at radius 2 is 2.21 bits per heavy atom. The third-order valence-electron chi connectivity index (χ3n) is 3.65. The third kappa shape index (κ3) is 3.78. The predicted molar refractivity (Wildman–Crippen MR) is 75.8 cm³/mol. The Balaban J connectivity index is 1.54. The number of carbonyl (C=O) groups excluding carboxylic acids is 1. The lowest BCUT2D eigenvalue weighted by molar-refractivity contribution is -0.137. The lowest BCUT2D eigenvalue weighted by atomic mass is 10.2. The number of hydrogen-bond acceptors (Lipinski definition) is 6. The number of nitrogens with zero attached hydrogens (tertiary/aromatic N) is 6. The van der Waals surface area contributed by atoms with E-state index in [1.807, 2.05) is 4.90 Å². The molecule has 11 heteroatoms. The molecule has 0 aliphatic carbocycles. The van der Waals surface area contributed by atoms with Gasteiger partial charge in [0.05, 0.1) is 5.56 Å². The number of tetrazole rings is 1.